The fourth-order valence-electron chi connectivity index (χ4n) is 1.62. The van der Waals surface area contributed by atoms with Crippen LogP contribution in [0.3, 0.4) is 0 Å². The zero-order chi connectivity index (χ0) is 11.1. The van der Waals surface area contributed by atoms with Crippen molar-refractivity contribution in [3.05, 3.63) is 23.8 Å². The zero-order valence-corrected chi connectivity index (χ0v) is 7.74. The number of carboxylic acid groups (broad SMARTS) is 1. The number of carboxylic acids is 1. The first-order valence-electron chi connectivity index (χ1n) is 4.45. The molecule has 2 rings (SSSR count). The van der Waals surface area contributed by atoms with Crippen molar-refractivity contribution in [2.45, 2.75) is 18.3 Å². The molecule has 1 aliphatic rings. The van der Waals surface area contributed by atoms with E-state index >= 15 is 0 Å². The molecule has 1 fully saturated rings. The van der Waals surface area contributed by atoms with Crippen molar-refractivity contribution in [1.29, 1.82) is 0 Å². The van der Waals surface area contributed by atoms with E-state index < -0.39 is 11.4 Å². The third-order valence-electron chi connectivity index (χ3n) is 2.75. The van der Waals surface area contributed by atoms with Crippen LogP contribution < -0.4 is 4.94 Å². The highest BCUT2D eigenvalue weighted by Crippen LogP contribution is 2.49. The molecule has 1 aliphatic carbocycles. The standard InChI is InChI=1S/C10H9FO4/c11-15-8-5-6(1-2-7(8)12)10(3-4-10)9(13)14/h1-2,5,12H,3-4H2,(H,13,14). The normalized spacial score (nSPS) is 17.1. The Morgan fingerprint density at radius 1 is 1.47 bits per heavy atom. The fraction of sp³-hybridized carbons (Fsp3) is 0.300. The number of carbonyl (C=O) groups is 1. The van der Waals surface area contributed by atoms with Gasteiger partial charge < -0.3 is 10.2 Å². The summed E-state index contributed by atoms with van der Waals surface area (Å²) >= 11 is 0. The van der Waals surface area contributed by atoms with Gasteiger partial charge in [0.05, 0.1) is 5.41 Å². The molecule has 4 nitrogen and oxygen atoms in total. The molecule has 0 unspecified atom stereocenters. The van der Waals surface area contributed by atoms with Gasteiger partial charge in [0.1, 0.15) is 0 Å². The highest BCUT2D eigenvalue weighted by atomic mass is 19.3. The Labute approximate surface area is 84.8 Å². The lowest BCUT2D eigenvalue weighted by molar-refractivity contribution is -0.140. The molecule has 0 aromatic heterocycles. The fourth-order valence-corrected chi connectivity index (χ4v) is 1.62. The van der Waals surface area contributed by atoms with Crippen molar-refractivity contribution in [3.63, 3.8) is 0 Å². The molecular formula is C10H9FO4. The van der Waals surface area contributed by atoms with Crippen molar-refractivity contribution in [2.24, 2.45) is 0 Å². The van der Waals surface area contributed by atoms with Gasteiger partial charge in [-0.2, -0.15) is 0 Å². The van der Waals surface area contributed by atoms with Crippen LogP contribution in [0.15, 0.2) is 18.2 Å². The van der Waals surface area contributed by atoms with Gasteiger partial charge in [-0.3, -0.25) is 9.74 Å². The molecule has 0 heterocycles. The molecule has 2 N–H and O–H groups in total. The number of phenols is 1. The van der Waals surface area contributed by atoms with E-state index in [2.05, 4.69) is 4.94 Å². The molecule has 1 saturated carbocycles. The topological polar surface area (TPSA) is 66.8 Å². The van der Waals surface area contributed by atoms with Crippen LogP contribution >= 0.6 is 0 Å². The third-order valence-corrected chi connectivity index (χ3v) is 2.75. The van der Waals surface area contributed by atoms with Gasteiger partial charge in [-0.25, -0.2) is 0 Å². The van der Waals surface area contributed by atoms with Gasteiger partial charge in [-0.05, 0) is 30.5 Å². The first-order chi connectivity index (χ1) is 7.10. The lowest BCUT2D eigenvalue weighted by Gasteiger charge is -2.10. The summed E-state index contributed by atoms with van der Waals surface area (Å²) in [7, 11) is 0. The number of aliphatic carboxylic acids is 1. The average Bonchev–Trinajstić information content (AvgIpc) is 2.99. The summed E-state index contributed by atoms with van der Waals surface area (Å²) in [6, 6.07) is 3.92. The minimum atomic E-state index is -0.932. The summed E-state index contributed by atoms with van der Waals surface area (Å²) in [6.45, 7) is 0. The van der Waals surface area contributed by atoms with E-state index in [0.29, 0.717) is 18.4 Å². The van der Waals surface area contributed by atoms with E-state index in [9.17, 15) is 9.32 Å². The van der Waals surface area contributed by atoms with Crippen molar-refractivity contribution in [3.8, 4) is 11.5 Å². The van der Waals surface area contributed by atoms with E-state index in [1.807, 2.05) is 0 Å². The third kappa shape index (κ3) is 1.40. The van der Waals surface area contributed by atoms with Gasteiger partial charge in [-0.15, -0.1) is 0 Å². The van der Waals surface area contributed by atoms with Gasteiger partial charge in [0.25, 0.3) is 0 Å². The maximum absolute atomic E-state index is 12.0. The Morgan fingerprint density at radius 2 is 2.13 bits per heavy atom. The number of rotatable bonds is 3. The van der Waals surface area contributed by atoms with Gasteiger partial charge in [-0.1, -0.05) is 6.07 Å². The lowest BCUT2D eigenvalue weighted by Crippen LogP contribution is -2.19. The second-order valence-corrected chi connectivity index (χ2v) is 3.65. The van der Waals surface area contributed by atoms with Crippen LogP contribution in [0.4, 0.5) is 4.53 Å². The summed E-state index contributed by atoms with van der Waals surface area (Å²) < 4.78 is 12.0. The summed E-state index contributed by atoms with van der Waals surface area (Å²) in [4.78, 5) is 14.4. The molecule has 15 heavy (non-hydrogen) atoms. The minimum Gasteiger partial charge on any atom is -0.504 e. The van der Waals surface area contributed by atoms with E-state index in [-0.39, 0.29) is 11.5 Å². The molecule has 0 bridgehead atoms. The SMILES string of the molecule is O=C(O)C1(c2ccc(O)c(OF)c2)CC1. The second kappa shape index (κ2) is 3.12. The molecule has 0 aliphatic heterocycles. The van der Waals surface area contributed by atoms with E-state index in [1.54, 1.807) is 0 Å². The Morgan fingerprint density at radius 3 is 2.60 bits per heavy atom. The van der Waals surface area contributed by atoms with Gasteiger partial charge in [0, 0.05) is 4.53 Å². The predicted octanol–water partition coefficient (Wildman–Crippen LogP) is 1.77. The van der Waals surface area contributed by atoms with Crippen LogP contribution in [0.1, 0.15) is 18.4 Å². The number of benzene rings is 1. The molecule has 0 radical (unpaired) electrons. The van der Waals surface area contributed by atoms with Gasteiger partial charge in [0.2, 0.25) is 5.75 Å². The number of hydrogen-bond acceptors (Lipinski definition) is 3. The molecule has 80 valence electrons. The maximum Gasteiger partial charge on any atom is 0.314 e. The van der Waals surface area contributed by atoms with E-state index in [4.69, 9.17) is 10.2 Å². The Balaban J connectivity index is 2.42. The molecule has 1 aromatic carbocycles. The number of halogens is 1. The minimum absolute atomic E-state index is 0.345. The summed E-state index contributed by atoms with van der Waals surface area (Å²) in [6.07, 6.45) is 1.05. The first-order valence-corrected chi connectivity index (χ1v) is 4.45. The van der Waals surface area contributed by atoms with Crippen LogP contribution in [-0.2, 0) is 10.2 Å². The van der Waals surface area contributed by atoms with Crippen LogP contribution in [0.25, 0.3) is 0 Å². The van der Waals surface area contributed by atoms with Crippen molar-refractivity contribution >= 4 is 5.97 Å². The molecular weight excluding hydrogens is 203 g/mol. The average molecular weight is 212 g/mol. The van der Waals surface area contributed by atoms with Crippen LogP contribution in [0, 0.1) is 0 Å². The monoisotopic (exact) mass is 212 g/mol. The summed E-state index contributed by atoms with van der Waals surface area (Å²) in [5.41, 5.74) is -0.457. The van der Waals surface area contributed by atoms with Gasteiger partial charge >= 0.3 is 5.97 Å². The van der Waals surface area contributed by atoms with Crippen molar-refractivity contribution in [1.82, 2.24) is 0 Å². The highest BCUT2D eigenvalue weighted by molar-refractivity contribution is 5.85. The molecule has 0 saturated heterocycles. The molecule has 0 amide bonds. The number of phenolic OH excluding ortho intramolecular Hbond substituents is 1. The van der Waals surface area contributed by atoms with Crippen LogP contribution in [0.5, 0.6) is 11.5 Å². The first kappa shape index (κ1) is 9.76. The predicted molar refractivity (Wildman–Crippen MR) is 48.4 cm³/mol. The van der Waals surface area contributed by atoms with Crippen LogP contribution in [-0.4, -0.2) is 16.2 Å². The van der Waals surface area contributed by atoms with E-state index in [0.717, 1.165) is 0 Å². The summed E-state index contributed by atoms with van der Waals surface area (Å²) in [5.74, 6) is -1.62. The number of hydrogen-bond donors (Lipinski definition) is 2. The quantitative estimate of drug-likeness (QED) is 0.801. The van der Waals surface area contributed by atoms with E-state index in [1.165, 1.54) is 18.2 Å². The molecule has 1 aromatic rings. The highest BCUT2D eigenvalue weighted by Gasteiger charge is 2.52. The lowest BCUT2D eigenvalue weighted by atomic mass is 9.96. The van der Waals surface area contributed by atoms with Crippen molar-refractivity contribution in [2.75, 3.05) is 0 Å². The van der Waals surface area contributed by atoms with Gasteiger partial charge in [0.15, 0.2) is 5.75 Å². The summed E-state index contributed by atoms with van der Waals surface area (Å²) in [5, 5.41) is 18.1. The van der Waals surface area contributed by atoms with Crippen LogP contribution in [0.2, 0.25) is 0 Å². The molecule has 0 spiro atoms. The zero-order valence-electron chi connectivity index (χ0n) is 7.74. The largest absolute Gasteiger partial charge is 0.504 e. The molecule has 0 atom stereocenters. The smallest absolute Gasteiger partial charge is 0.314 e. The Kier molecular flexibility index (Phi) is 2.03. The maximum atomic E-state index is 12.0. The number of aromatic hydroxyl groups is 1. The Bertz CT molecular complexity index is 412. The second-order valence-electron chi connectivity index (χ2n) is 3.65. The Hall–Kier alpha value is -1.78. The molecule has 5 heteroatoms. The van der Waals surface area contributed by atoms with Crippen molar-refractivity contribution < 1.29 is 24.5 Å².